The smallest absolute Gasteiger partial charge is 0.242 e. The summed E-state index contributed by atoms with van der Waals surface area (Å²) in [5, 5.41) is 5.39. The van der Waals surface area contributed by atoms with Gasteiger partial charge in [-0.05, 0) is 32.2 Å². The first-order valence-corrected chi connectivity index (χ1v) is 7.50. The number of rotatable bonds is 6. The molecule has 0 fully saturated rings. The Morgan fingerprint density at radius 3 is 2.80 bits per heavy atom. The quantitative estimate of drug-likeness (QED) is 0.856. The maximum absolute atomic E-state index is 6.04. The van der Waals surface area contributed by atoms with Gasteiger partial charge < -0.3 is 15.8 Å². The molecule has 0 radical (unpaired) electrons. The lowest BCUT2D eigenvalue weighted by Gasteiger charge is -2.17. The van der Waals surface area contributed by atoms with Gasteiger partial charge in [-0.3, -0.25) is 0 Å². The van der Waals surface area contributed by atoms with Crippen molar-refractivity contribution in [2.45, 2.75) is 39.3 Å². The number of nitrogens with one attached hydrogen (secondary N) is 1. The molecule has 108 valence electrons. The monoisotopic (exact) mass is 292 g/mol. The second kappa shape index (κ2) is 6.56. The number of nitrogens with two attached hydrogens (primary N) is 1. The summed E-state index contributed by atoms with van der Waals surface area (Å²) in [4.78, 5) is 9.59. The molecular weight excluding hydrogens is 272 g/mol. The molecule has 0 saturated heterocycles. The summed E-state index contributed by atoms with van der Waals surface area (Å²) >= 11 is 1.75. The van der Waals surface area contributed by atoms with Gasteiger partial charge in [-0.1, -0.05) is 6.07 Å². The highest BCUT2D eigenvalue weighted by Crippen LogP contribution is 2.26. The molecule has 0 aliphatic heterocycles. The molecule has 5 nitrogen and oxygen atoms in total. The third-order valence-corrected chi connectivity index (χ3v) is 3.56. The lowest BCUT2D eigenvalue weighted by atomic mass is 10.2. The van der Waals surface area contributed by atoms with Gasteiger partial charge in [0.25, 0.3) is 0 Å². The molecular formula is C14H20N4OS. The molecule has 0 spiro atoms. The topological polar surface area (TPSA) is 73.1 Å². The van der Waals surface area contributed by atoms with E-state index in [0.29, 0.717) is 17.4 Å². The van der Waals surface area contributed by atoms with Crippen molar-refractivity contribution in [1.82, 2.24) is 9.97 Å². The fraction of sp³-hybridized carbons (Fsp3) is 0.429. The molecule has 1 atom stereocenters. The van der Waals surface area contributed by atoms with Crippen LogP contribution >= 0.6 is 11.3 Å². The fourth-order valence-corrected chi connectivity index (χ4v) is 2.66. The van der Waals surface area contributed by atoms with Gasteiger partial charge in [-0.25, -0.2) is 4.98 Å². The minimum absolute atomic E-state index is 0.0311. The predicted molar refractivity (Wildman–Crippen MR) is 83.3 cm³/mol. The van der Waals surface area contributed by atoms with E-state index in [0.717, 1.165) is 6.42 Å². The van der Waals surface area contributed by atoms with Crippen molar-refractivity contribution in [1.29, 1.82) is 0 Å². The van der Waals surface area contributed by atoms with Crippen LogP contribution in [-0.2, 0) is 6.42 Å². The van der Waals surface area contributed by atoms with E-state index < -0.39 is 0 Å². The SMILES string of the molecule is CC(Cc1cccs1)Nc1ncnc(OC(C)C)c1N. The van der Waals surface area contributed by atoms with E-state index in [-0.39, 0.29) is 12.1 Å². The maximum atomic E-state index is 6.04. The molecule has 0 bridgehead atoms. The van der Waals surface area contributed by atoms with E-state index in [2.05, 4.69) is 39.7 Å². The first-order chi connectivity index (χ1) is 9.56. The van der Waals surface area contributed by atoms with Gasteiger partial charge in [0, 0.05) is 17.3 Å². The average Bonchev–Trinajstić information content (AvgIpc) is 2.86. The molecule has 2 aromatic rings. The standard InChI is InChI=1S/C14H20N4OS/c1-9(2)19-14-12(15)13(16-8-17-14)18-10(3)7-11-5-4-6-20-11/h4-6,8-10H,7,15H2,1-3H3,(H,16,17,18). The van der Waals surface area contributed by atoms with Crippen LogP contribution in [0.2, 0.25) is 0 Å². The van der Waals surface area contributed by atoms with Gasteiger partial charge in [-0.15, -0.1) is 11.3 Å². The zero-order valence-electron chi connectivity index (χ0n) is 12.0. The van der Waals surface area contributed by atoms with Crippen molar-refractivity contribution in [3.8, 4) is 5.88 Å². The highest BCUT2D eigenvalue weighted by atomic mass is 32.1. The number of hydrogen-bond donors (Lipinski definition) is 2. The number of ether oxygens (including phenoxy) is 1. The van der Waals surface area contributed by atoms with E-state index in [1.165, 1.54) is 11.2 Å². The number of nitrogens with zero attached hydrogens (tertiary/aromatic N) is 2. The van der Waals surface area contributed by atoms with E-state index in [9.17, 15) is 0 Å². The minimum Gasteiger partial charge on any atom is -0.473 e. The molecule has 2 rings (SSSR count). The summed E-state index contributed by atoms with van der Waals surface area (Å²) < 4.78 is 5.56. The third kappa shape index (κ3) is 3.84. The van der Waals surface area contributed by atoms with Crippen LogP contribution in [0.5, 0.6) is 5.88 Å². The van der Waals surface area contributed by atoms with E-state index in [1.807, 2.05) is 13.8 Å². The number of aromatic nitrogens is 2. The molecule has 1 unspecified atom stereocenters. The first kappa shape index (κ1) is 14.6. The molecule has 2 heterocycles. The van der Waals surface area contributed by atoms with Gasteiger partial charge in [0.1, 0.15) is 12.0 Å². The van der Waals surface area contributed by atoms with Crippen molar-refractivity contribution in [3.05, 3.63) is 28.7 Å². The second-order valence-electron chi connectivity index (χ2n) is 4.94. The van der Waals surface area contributed by atoms with Crippen LogP contribution in [-0.4, -0.2) is 22.1 Å². The Bertz CT molecular complexity index is 542. The summed E-state index contributed by atoms with van der Waals surface area (Å²) in [5.74, 6) is 1.06. The van der Waals surface area contributed by atoms with Crippen molar-refractivity contribution >= 4 is 22.8 Å². The van der Waals surface area contributed by atoms with E-state index in [1.54, 1.807) is 11.3 Å². The highest BCUT2D eigenvalue weighted by molar-refractivity contribution is 7.09. The van der Waals surface area contributed by atoms with Gasteiger partial charge in [-0.2, -0.15) is 4.98 Å². The Morgan fingerprint density at radius 2 is 2.15 bits per heavy atom. The van der Waals surface area contributed by atoms with Crippen LogP contribution in [0.25, 0.3) is 0 Å². The summed E-state index contributed by atoms with van der Waals surface area (Å²) in [7, 11) is 0. The number of thiophene rings is 1. The average molecular weight is 292 g/mol. The van der Waals surface area contributed by atoms with Crippen molar-refractivity contribution in [3.63, 3.8) is 0 Å². The summed E-state index contributed by atoms with van der Waals surface area (Å²) in [5.41, 5.74) is 6.50. The first-order valence-electron chi connectivity index (χ1n) is 6.62. The third-order valence-electron chi connectivity index (χ3n) is 2.67. The van der Waals surface area contributed by atoms with Crippen LogP contribution in [0, 0.1) is 0 Å². The van der Waals surface area contributed by atoms with E-state index >= 15 is 0 Å². The molecule has 0 amide bonds. The lowest BCUT2D eigenvalue weighted by Crippen LogP contribution is -2.20. The summed E-state index contributed by atoms with van der Waals surface area (Å²) in [6, 6.07) is 4.41. The summed E-state index contributed by atoms with van der Waals surface area (Å²) in [6.45, 7) is 5.98. The van der Waals surface area contributed by atoms with E-state index in [4.69, 9.17) is 10.5 Å². The molecule has 0 aromatic carbocycles. The summed E-state index contributed by atoms with van der Waals surface area (Å²) in [6.07, 6.45) is 2.43. The molecule has 0 saturated carbocycles. The maximum Gasteiger partial charge on any atom is 0.242 e. The number of nitrogen functional groups attached to an aromatic ring is 1. The molecule has 6 heteroatoms. The van der Waals surface area contributed by atoms with Crippen molar-refractivity contribution in [2.75, 3.05) is 11.1 Å². The Morgan fingerprint density at radius 1 is 1.35 bits per heavy atom. The van der Waals surface area contributed by atoms with Crippen LogP contribution < -0.4 is 15.8 Å². The normalized spacial score (nSPS) is 12.4. The Kier molecular flexibility index (Phi) is 4.79. The Balaban J connectivity index is 2.05. The Hall–Kier alpha value is -1.82. The highest BCUT2D eigenvalue weighted by Gasteiger charge is 2.13. The van der Waals surface area contributed by atoms with Crippen molar-refractivity contribution < 1.29 is 4.74 Å². The second-order valence-corrected chi connectivity index (χ2v) is 5.97. The van der Waals surface area contributed by atoms with Crippen LogP contribution in [0.15, 0.2) is 23.8 Å². The Labute approximate surface area is 123 Å². The molecule has 0 aliphatic rings. The van der Waals surface area contributed by atoms with Gasteiger partial charge >= 0.3 is 0 Å². The molecule has 2 aromatic heterocycles. The van der Waals surface area contributed by atoms with Crippen LogP contribution in [0.3, 0.4) is 0 Å². The van der Waals surface area contributed by atoms with Gasteiger partial charge in [0.2, 0.25) is 5.88 Å². The predicted octanol–water partition coefficient (Wildman–Crippen LogP) is 2.95. The zero-order valence-corrected chi connectivity index (χ0v) is 12.8. The molecule has 0 aliphatic carbocycles. The molecule has 3 N–H and O–H groups in total. The minimum atomic E-state index is 0.0311. The number of hydrogen-bond acceptors (Lipinski definition) is 6. The fourth-order valence-electron chi connectivity index (χ4n) is 1.83. The van der Waals surface area contributed by atoms with Gasteiger partial charge in [0.05, 0.1) is 6.10 Å². The van der Waals surface area contributed by atoms with Crippen molar-refractivity contribution in [2.24, 2.45) is 0 Å². The largest absolute Gasteiger partial charge is 0.473 e. The van der Waals surface area contributed by atoms with Gasteiger partial charge in [0.15, 0.2) is 5.82 Å². The van der Waals surface area contributed by atoms with Crippen LogP contribution in [0.4, 0.5) is 11.5 Å². The number of anilines is 2. The lowest BCUT2D eigenvalue weighted by molar-refractivity contribution is 0.234. The zero-order chi connectivity index (χ0) is 14.5. The molecule has 20 heavy (non-hydrogen) atoms. The van der Waals surface area contributed by atoms with Crippen LogP contribution in [0.1, 0.15) is 25.6 Å².